The van der Waals surface area contributed by atoms with Gasteiger partial charge in [-0.25, -0.2) is 4.98 Å². The summed E-state index contributed by atoms with van der Waals surface area (Å²) in [5.41, 5.74) is 4.12. The van der Waals surface area contributed by atoms with E-state index in [1.165, 1.54) is 6.07 Å². The number of amides is 1. The third-order valence-corrected chi connectivity index (χ3v) is 5.68. The molecule has 0 radical (unpaired) electrons. The lowest BCUT2D eigenvalue weighted by molar-refractivity contribution is -0.121. The number of carbonyl (C=O) groups excluding carboxylic acids is 1. The lowest BCUT2D eigenvalue weighted by atomic mass is 10.0. The van der Waals surface area contributed by atoms with Gasteiger partial charge in [0.05, 0.1) is 5.56 Å². The van der Waals surface area contributed by atoms with Crippen LogP contribution in [0.5, 0.6) is 11.5 Å². The summed E-state index contributed by atoms with van der Waals surface area (Å²) < 4.78 is 11.5. The first-order valence-electron chi connectivity index (χ1n) is 10.9. The Balaban J connectivity index is 1.37. The SMILES string of the molecule is Cc1ccc(C(C)C)c(OCC(=O)NC(=S)Nc2ccc(-c3nc4cc(Cl)ccc4o3)c(O)c2)c1. The number of hydrogen-bond donors (Lipinski definition) is 3. The molecule has 3 aromatic carbocycles. The van der Waals surface area contributed by atoms with Crippen LogP contribution in [0, 0.1) is 6.92 Å². The minimum Gasteiger partial charge on any atom is -0.507 e. The van der Waals surface area contributed by atoms with E-state index in [0.29, 0.717) is 33.1 Å². The highest BCUT2D eigenvalue weighted by atomic mass is 35.5. The highest BCUT2D eigenvalue weighted by molar-refractivity contribution is 7.80. The number of benzene rings is 3. The zero-order valence-electron chi connectivity index (χ0n) is 19.4. The van der Waals surface area contributed by atoms with Gasteiger partial charge < -0.3 is 19.6 Å². The summed E-state index contributed by atoms with van der Waals surface area (Å²) in [5, 5.41) is 16.6. The maximum Gasteiger partial charge on any atom is 0.264 e. The molecule has 9 heteroatoms. The van der Waals surface area contributed by atoms with E-state index in [9.17, 15) is 9.90 Å². The molecule has 0 saturated heterocycles. The number of anilines is 1. The zero-order valence-corrected chi connectivity index (χ0v) is 21.0. The van der Waals surface area contributed by atoms with Crippen LogP contribution in [0.25, 0.3) is 22.6 Å². The number of aryl methyl sites for hydroxylation is 1. The third-order valence-electron chi connectivity index (χ3n) is 5.24. The standard InChI is InChI=1S/C26H24ClN3O4S/c1-14(2)18-7-4-15(3)10-23(18)33-13-24(32)30-26(35)28-17-6-8-19(21(31)12-17)25-29-20-11-16(27)5-9-22(20)34-25/h4-12,14,31H,13H2,1-3H3,(H2,28,30,32,35). The summed E-state index contributed by atoms with van der Waals surface area (Å²) in [6.45, 7) is 5.92. The van der Waals surface area contributed by atoms with Gasteiger partial charge in [-0.05, 0) is 72.6 Å². The molecule has 4 aromatic rings. The molecule has 0 bridgehead atoms. The lowest BCUT2D eigenvalue weighted by Gasteiger charge is -2.15. The van der Waals surface area contributed by atoms with Gasteiger partial charge in [-0.3, -0.25) is 10.1 Å². The van der Waals surface area contributed by atoms with Gasteiger partial charge in [-0.2, -0.15) is 0 Å². The first kappa shape index (κ1) is 24.5. The number of oxazole rings is 1. The fourth-order valence-electron chi connectivity index (χ4n) is 3.52. The van der Waals surface area contributed by atoms with Gasteiger partial charge in [0.15, 0.2) is 17.3 Å². The van der Waals surface area contributed by atoms with Crippen LogP contribution in [0.2, 0.25) is 5.02 Å². The zero-order chi connectivity index (χ0) is 25.1. The van der Waals surface area contributed by atoms with Crippen molar-refractivity contribution >= 4 is 51.6 Å². The largest absolute Gasteiger partial charge is 0.507 e. The predicted octanol–water partition coefficient (Wildman–Crippen LogP) is 6.18. The molecule has 0 unspecified atom stereocenters. The van der Waals surface area contributed by atoms with Gasteiger partial charge in [-0.1, -0.05) is 37.6 Å². The molecule has 0 saturated carbocycles. The quantitative estimate of drug-likeness (QED) is 0.267. The van der Waals surface area contributed by atoms with Crippen LogP contribution in [-0.4, -0.2) is 27.7 Å². The Morgan fingerprint density at radius 2 is 1.97 bits per heavy atom. The summed E-state index contributed by atoms with van der Waals surface area (Å²) >= 11 is 11.2. The summed E-state index contributed by atoms with van der Waals surface area (Å²) in [7, 11) is 0. The Bertz CT molecular complexity index is 1420. The second-order valence-corrected chi connectivity index (χ2v) is 9.19. The third kappa shape index (κ3) is 5.90. The van der Waals surface area contributed by atoms with Crippen molar-refractivity contribution in [3.05, 3.63) is 70.7 Å². The van der Waals surface area contributed by atoms with E-state index in [-0.39, 0.29) is 29.3 Å². The van der Waals surface area contributed by atoms with Crippen molar-refractivity contribution in [1.82, 2.24) is 10.3 Å². The molecule has 4 rings (SSSR count). The Hall–Kier alpha value is -3.62. The average Bonchev–Trinajstić information content (AvgIpc) is 3.20. The smallest absolute Gasteiger partial charge is 0.264 e. The number of carbonyl (C=O) groups is 1. The topological polar surface area (TPSA) is 96.6 Å². The molecule has 1 heterocycles. The molecule has 0 aliphatic carbocycles. The number of nitrogens with one attached hydrogen (secondary N) is 2. The van der Waals surface area contributed by atoms with Crippen molar-refractivity contribution in [2.45, 2.75) is 26.7 Å². The number of halogens is 1. The second-order valence-electron chi connectivity index (χ2n) is 8.35. The molecule has 0 spiro atoms. The predicted molar refractivity (Wildman–Crippen MR) is 141 cm³/mol. The molecular weight excluding hydrogens is 486 g/mol. The van der Waals surface area contributed by atoms with Crippen LogP contribution in [0.15, 0.2) is 59.0 Å². The molecule has 1 amide bonds. The molecule has 0 aliphatic rings. The number of phenols is 1. The molecule has 0 aliphatic heterocycles. The van der Waals surface area contributed by atoms with Crippen LogP contribution in [0.1, 0.15) is 30.9 Å². The van der Waals surface area contributed by atoms with E-state index in [1.807, 2.05) is 25.1 Å². The first-order chi connectivity index (χ1) is 16.7. The van der Waals surface area contributed by atoms with Crippen LogP contribution in [0.4, 0.5) is 5.69 Å². The summed E-state index contributed by atoms with van der Waals surface area (Å²) in [6.07, 6.45) is 0. The second kappa shape index (κ2) is 10.3. The van der Waals surface area contributed by atoms with Crippen molar-refractivity contribution < 1.29 is 19.1 Å². The maximum absolute atomic E-state index is 12.4. The first-order valence-corrected chi connectivity index (χ1v) is 11.7. The molecule has 180 valence electrons. The number of rotatable bonds is 6. The van der Waals surface area contributed by atoms with Crippen molar-refractivity contribution in [3.63, 3.8) is 0 Å². The minimum atomic E-state index is -0.398. The Morgan fingerprint density at radius 1 is 1.17 bits per heavy atom. The minimum absolute atomic E-state index is 0.0641. The molecule has 3 N–H and O–H groups in total. The molecule has 0 fully saturated rings. The number of ether oxygens (including phenoxy) is 1. The lowest BCUT2D eigenvalue weighted by Crippen LogP contribution is -2.37. The molecule has 35 heavy (non-hydrogen) atoms. The number of aromatic nitrogens is 1. The van der Waals surface area contributed by atoms with E-state index >= 15 is 0 Å². The highest BCUT2D eigenvalue weighted by Gasteiger charge is 2.15. The Labute approximate surface area is 213 Å². The number of hydrogen-bond acceptors (Lipinski definition) is 6. The summed E-state index contributed by atoms with van der Waals surface area (Å²) in [5.74, 6) is 0.738. The van der Waals surface area contributed by atoms with E-state index in [1.54, 1.807) is 30.3 Å². The van der Waals surface area contributed by atoms with Crippen LogP contribution < -0.4 is 15.4 Å². The van der Waals surface area contributed by atoms with Crippen molar-refractivity contribution in [1.29, 1.82) is 0 Å². The number of nitrogens with zero attached hydrogens (tertiary/aromatic N) is 1. The molecule has 1 aromatic heterocycles. The fraction of sp³-hybridized carbons (Fsp3) is 0.192. The van der Waals surface area contributed by atoms with Crippen molar-refractivity contribution in [2.24, 2.45) is 0 Å². The van der Waals surface area contributed by atoms with Gasteiger partial charge in [0.2, 0.25) is 5.89 Å². The van der Waals surface area contributed by atoms with Crippen molar-refractivity contribution in [3.8, 4) is 23.0 Å². The number of thiocarbonyl (C=S) groups is 1. The maximum atomic E-state index is 12.4. The van der Waals surface area contributed by atoms with Gasteiger partial charge in [0.1, 0.15) is 17.0 Å². The van der Waals surface area contributed by atoms with E-state index < -0.39 is 5.91 Å². The average molecular weight is 510 g/mol. The summed E-state index contributed by atoms with van der Waals surface area (Å²) in [6, 6.07) is 15.8. The normalized spacial score (nSPS) is 11.0. The fourth-order valence-corrected chi connectivity index (χ4v) is 3.92. The molecule has 0 atom stereocenters. The van der Waals surface area contributed by atoms with Gasteiger partial charge in [0.25, 0.3) is 5.91 Å². The van der Waals surface area contributed by atoms with E-state index in [2.05, 4.69) is 29.5 Å². The Kier molecular flexibility index (Phi) is 7.23. The van der Waals surface area contributed by atoms with Crippen LogP contribution in [0.3, 0.4) is 0 Å². The van der Waals surface area contributed by atoms with Gasteiger partial charge >= 0.3 is 0 Å². The van der Waals surface area contributed by atoms with E-state index in [4.69, 9.17) is 33.0 Å². The van der Waals surface area contributed by atoms with E-state index in [0.717, 1.165) is 11.1 Å². The molecule has 7 nitrogen and oxygen atoms in total. The monoisotopic (exact) mass is 509 g/mol. The molecular formula is C26H24ClN3O4S. The highest BCUT2D eigenvalue weighted by Crippen LogP contribution is 2.33. The van der Waals surface area contributed by atoms with Crippen LogP contribution >= 0.6 is 23.8 Å². The van der Waals surface area contributed by atoms with Gasteiger partial charge in [0, 0.05) is 16.8 Å². The number of fused-ring (bicyclic) bond motifs is 1. The van der Waals surface area contributed by atoms with Crippen LogP contribution in [-0.2, 0) is 4.79 Å². The van der Waals surface area contributed by atoms with Crippen molar-refractivity contribution in [2.75, 3.05) is 11.9 Å². The summed E-state index contributed by atoms with van der Waals surface area (Å²) in [4.78, 5) is 16.7. The Morgan fingerprint density at radius 3 is 2.71 bits per heavy atom. The van der Waals surface area contributed by atoms with Gasteiger partial charge in [-0.15, -0.1) is 0 Å². The number of phenolic OH excluding ortho intramolecular Hbond substituents is 1. The number of aromatic hydroxyl groups is 1.